The number of carbonyl (C=O) groups is 1. The Labute approximate surface area is 154 Å². The number of hydrazine groups is 1. The minimum atomic E-state index is -0.110. The summed E-state index contributed by atoms with van der Waals surface area (Å²) in [4.78, 5) is 14.8. The molecule has 5 heteroatoms. The molecule has 1 heterocycles. The minimum Gasteiger partial charge on any atom is -0.396 e. The van der Waals surface area contributed by atoms with Crippen molar-refractivity contribution in [1.29, 1.82) is 0 Å². The van der Waals surface area contributed by atoms with Crippen LogP contribution in [0, 0.1) is 5.92 Å². The molecule has 0 aliphatic carbocycles. The minimum absolute atomic E-state index is 0.0728. The Morgan fingerprint density at radius 2 is 1.73 bits per heavy atom. The fraction of sp³-hybridized carbons (Fsp3) is 0.286. The monoisotopic (exact) mass is 350 g/mol. The summed E-state index contributed by atoms with van der Waals surface area (Å²) in [5.41, 5.74) is 11.6. The number of carbonyl (C=O) groups excluding carboxylic acids is 1. The first-order chi connectivity index (χ1) is 12.5. The van der Waals surface area contributed by atoms with E-state index in [0.29, 0.717) is 18.8 Å². The van der Waals surface area contributed by atoms with Gasteiger partial charge in [0.1, 0.15) is 0 Å². The maximum absolute atomic E-state index is 12.9. The molecule has 0 unspecified atom stereocenters. The molecule has 5 nitrogen and oxygen atoms in total. The van der Waals surface area contributed by atoms with Crippen LogP contribution in [0.2, 0.25) is 0 Å². The van der Waals surface area contributed by atoms with Crippen molar-refractivity contribution < 1.29 is 4.79 Å². The Morgan fingerprint density at radius 1 is 1.12 bits per heavy atom. The Balaban J connectivity index is 2.33. The molecule has 0 aromatic heterocycles. The zero-order chi connectivity index (χ0) is 18.8. The molecule has 136 valence electrons. The summed E-state index contributed by atoms with van der Waals surface area (Å²) in [6.07, 6.45) is 0. The van der Waals surface area contributed by atoms with E-state index in [1.54, 1.807) is 5.01 Å². The van der Waals surface area contributed by atoms with E-state index in [2.05, 4.69) is 0 Å². The summed E-state index contributed by atoms with van der Waals surface area (Å²) in [5, 5.41) is 1.67. The quantitative estimate of drug-likeness (QED) is 0.658. The highest BCUT2D eigenvalue weighted by Crippen LogP contribution is 2.36. The van der Waals surface area contributed by atoms with Crippen LogP contribution in [0.5, 0.6) is 0 Å². The van der Waals surface area contributed by atoms with Gasteiger partial charge in [0, 0.05) is 23.6 Å². The highest BCUT2D eigenvalue weighted by molar-refractivity contribution is 6.01. The molecule has 0 spiro atoms. The van der Waals surface area contributed by atoms with Crippen LogP contribution in [0.1, 0.15) is 37.5 Å². The van der Waals surface area contributed by atoms with Gasteiger partial charge in [-0.1, -0.05) is 56.3 Å². The number of benzene rings is 2. The van der Waals surface area contributed by atoms with E-state index in [-0.39, 0.29) is 11.8 Å². The first-order valence-corrected chi connectivity index (χ1v) is 8.96. The standard InChI is InChI=1S/C21H26N4O/c1-4-25(23)20-16-10-6-5-9-15(16)13-24(21(26)14(2)3)18-12-8-7-11-17(18)19(20)22/h5-12,14H,4,13,22-23H2,1-3H3/b20-19-. The van der Waals surface area contributed by atoms with E-state index in [1.807, 2.05) is 74.2 Å². The van der Waals surface area contributed by atoms with Gasteiger partial charge < -0.3 is 15.6 Å². The fourth-order valence-electron chi connectivity index (χ4n) is 3.33. The van der Waals surface area contributed by atoms with Crippen LogP contribution < -0.4 is 16.5 Å². The third-order valence-corrected chi connectivity index (χ3v) is 4.73. The van der Waals surface area contributed by atoms with Crippen molar-refractivity contribution >= 4 is 23.0 Å². The molecule has 0 fully saturated rings. The lowest BCUT2D eigenvalue weighted by atomic mass is 9.95. The molecule has 1 aliphatic rings. The molecule has 2 aromatic rings. The van der Waals surface area contributed by atoms with Crippen molar-refractivity contribution in [3.05, 3.63) is 65.2 Å². The van der Waals surface area contributed by atoms with E-state index >= 15 is 0 Å². The van der Waals surface area contributed by atoms with Crippen molar-refractivity contribution in [3.63, 3.8) is 0 Å². The molecule has 0 saturated carbocycles. The topological polar surface area (TPSA) is 75.6 Å². The first kappa shape index (κ1) is 18.0. The molecule has 4 N–H and O–H groups in total. The molecular formula is C21H26N4O. The lowest BCUT2D eigenvalue weighted by molar-refractivity contribution is -0.121. The molecule has 26 heavy (non-hydrogen) atoms. The summed E-state index contributed by atoms with van der Waals surface area (Å²) >= 11 is 0. The zero-order valence-corrected chi connectivity index (χ0v) is 15.6. The van der Waals surface area contributed by atoms with Crippen LogP contribution in [-0.4, -0.2) is 17.5 Å². The Kier molecular flexibility index (Phi) is 5.00. The summed E-state index contributed by atoms with van der Waals surface area (Å²) in [6.45, 7) is 6.93. The second-order valence-corrected chi connectivity index (χ2v) is 6.80. The van der Waals surface area contributed by atoms with Crippen molar-refractivity contribution in [3.8, 4) is 0 Å². The Bertz CT molecular complexity index is 857. The van der Waals surface area contributed by atoms with E-state index in [9.17, 15) is 4.79 Å². The van der Waals surface area contributed by atoms with Crippen molar-refractivity contribution in [2.45, 2.75) is 27.3 Å². The third kappa shape index (κ3) is 3.06. The van der Waals surface area contributed by atoms with Gasteiger partial charge in [-0.2, -0.15) is 0 Å². The predicted octanol–water partition coefficient (Wildman–Crippen LogP) is 3.17. The highest BCUT2D eigenvalue weighted by Gasteiger charge is 2.28. The number of hydrogen-bond donors (Lipinski definition) is 2. The van der Waals surface area contributed by atoms with Crippen LogP contribution in [0.25, 0.3) is 11.4 Å². The van der Waals surface area contributed by atoms with Gasteiger partial charge in [-0.15, -0.1) is 0 Å². The fourth-order valence-corrected chi connectivity index (χ4v) is 3.33. The number of anilines is 1. The summed E-state index contributed by atoms with van der Waals surface area (Å²) < 4.78 is 0. The smallest absolute Gasteiger partial charge is 0.229 e. The van der Waals surface area contributed by atoms with Gasteiger partial charge >= 0.3 is 0 Å². The van der Waals surface area contributed by atoms with Gasteiger partial charge in [0.05, 0.1) is 23.6 Å². The van der Waals surface area contributed by atoms with E-state index in [4.69, 9.17) is 11.6 Å². The van der Waals surface area contributed by atoms with Crippen molar-refractivity contribution in [2.24, 2.45) is 17.5 Å². The Morgan fingerprint density at radius 3 is 2.38 bits per heavy atom. The summed E-state index contributed by atoms with van der Waals surface area (Å²) in [6, 6.07) is 15.7. The van der Waals surface area contributed by atoms with Crippen LogP contribution in [0.15, 0.2) is 48.5 Å². The normalized spacial score (nSPS) is 16.6. The van der Waals surface area contributed by atoms with E-state index in [1.165, 1.54) is 0 Å². The number of amides is 1. The summed E-state index contributed by atoms with van der Waals surface area (Å²) in [5.74, 6) is 6.25. The average Bonchev–Trinajstić information content (AvgIpc) is 2.65. The van der Waals surface area contributed by atoms with E-state index < -0.39 is 0 Å². The highest BCUT2D eigenvalue weighted by atomic mass is 16.2. The van der Waals surface area contributed by atoms with Crippen molar-refractivity contribution in [2.75, 3.05) is 11.4 Å². The van der Waals surface area contributed by atoms with Gasteiger partial charge in [-0.3, -0.25) is 4.79 Å². The molecule has 1 amide bonds. The number of nitrogens with zero attached hydrogens (tertiary/aromatic N) is 2. The van der Waals surface area contributed by atoms with Gasteiger partial charge in [0.15, 0.2) is 0 Å². The molecule has 0 saturated heterocycles. The van der Waals surface area contributed by atoms with Crippen molar-refractivity contribution in [1.82, 2.24) is 5.01 Å². The molecule has 0 radical (unpaired) electrons. The van der Waals surface area contributed by atoms with Crippen LogP contribution in [0.4, 0.5) is 5.69 Å². The number of rotatable bonds is 3. The molecular weight excluding hydrogens is 324 g/mol. The summed E-state index contributed by atoms with van der Waals surface area (Å²) in [7, 11) is 0. The largest absolute Gasteiger partial charge is 0.396 e. The molecule has 2 aromatic carbocycles. The number of para-hydroxylation sites is 1. The van der Waals surface area contributed by atoms with Crippen LogP contribution >= 0.6 is 0 Å². The maximum Gasteiger partial charge on any atom is 0.229 e. The van der Waals surface area contributed by atoms with Gasteiger partial charge in [-0.05, 0) is 18.6 Å². The first-order valence-electron chi connectivity index (χ1n) is 8.96. The SMILES string of the molecule is CCN(N)/C1=C(\N)c2ccccc2N(C(=O)C(C)C)Cc2ccccc21. The zero-order valence-electron chi connectivity index (χ0n) is 15.6. The number of nitrogens with two attached hydrogens (primary N) is 2. The van der Waals surface area contributed by atoms with Gasteiger partial charge in [0.25, 0.3) is 0 Å². The lowest BCUT2D eigenvalue weighted by Crippen LogP contribution is -2.37. The second-order valence-electron chi connectivity index (χ2n) is 6.80. The number of fused-ring (bicyclic) bond motifs is 2. The Hall–Kier alpha value is -2.79. The molecule has 0 atom stereocenters. The predicted molar refractivity (Wildman–Crippen MR) is 106 cm³/mol. The van der Waals surface area contributed by atoms with E-state index in [0.717, 1.165) is 28.1 Å². The molecule has 0 bridgehead atoms. The lowest BCUT2D eigenvalue weighted by Gasteiger charge is -2.33. The van der Waals surface area contributed by atoms with Crippen LogP contribution in [0.3, 0.4) is 0 Å². The molecule has 1 aliphatic heterocycles. The van der Waals surface area contributed by atoms with Gasteiger partial charge in [0.2, 0.25) is 5.91 Å². The second kappa shape index (κ2) is 7.22. The average molecular weight is 350 g/mol. The number of hydrogen-bond acceptors (Lipinski definition) is 4. The third-order valence-electron chi connectivity index (χ3n) is 4.73. The van der Waals surface area contributed by atoms with Crippen LogP contribution in [-0.2, 0) is 11.3 Å². The molecule has 3 rings (SSSR count). The van der Waals surface area contributed by atoms with Gasteiger partial charge in [-0.25, -0.2) is 5.84 Å². The maximum atomic E-state index is 12.9.